The number of hydrogen-bond acceptors (Lipinski definition) is 2. The Morgan fingerprint density at radius 3 is 3.21 bits per heavy atom. The van der Waals surface area contributed by atoms with Gasteiger partial charge in [0, 0.05) is 31.0 Å². The fourth-order valence-corrected chi connectivity index (χ4v) is 2.21. The van der Waals surface area contributed by atoms with E-state index in [-0.39, 0.29) is 0 Å². The lowest BCUT2D eigenvalue weighted by molar-refractivity contribution is 1.03. The predicted octanol–water partition coefficient (Wildman–Crippen LogP) is 0.606. The summed E-state index contributed by atoms with van der Waals surface area (Å²) in [7, 11) is 2.14. The molecule has 0 aromatic heterocycles. The number of anilines is 1. The fourth-order valence-electron chi connectivity index (χ4n) is 2.21. The van der Waals surface area contributed by atoms with Gasteiger partial charge in [0.25, 0.3) is 0 Å². The van der Waals surface area contributed by atoms with E-state index in [4.69, 9.17) is 0 Å². The van der Waals surface area contributed by atoms with Crippen molar-refractivity contribution < 1.29 is 0 Å². The molecule has 0 fully saturated rings. The molecule has 1 aromatic carbocycles. The molecule has 2 heteroatoms. The number of rotatable bonds is 0. The number of hydrogen-bond donors (Lipinski definition) is 0. The molecule has 0 N–H and O–H groups in total. The van der Waals surface area contributed by atoms with Crippen molar-refractivity contribution in [1.82, 2.24) is 0 Å². The van der Waals surface area contributed by atoms with Gasteiger partial charge in [0.1, 0.15) is 0 Å². The van der Waals surface area contributed by atoms with Crippen LogP contribution in [0.25, 0.3) is 6.08 Å². The molecule has 0 bridgehead atoms. The molecule has 2 nitrogen and oxygen atoms in total. The van der Waals surface area contributed by atoms with E-state index < -0.39 is 0 Å². The summed E-state index contributed by atoms with van der Waals surface area (Å²) in [5, 5.41) is 2.49. The zero-order valence-electron chi connectivity index (χ0n) is 8.20. The van der Waals surface area contributed by atoms with Crippen LogP contribution < -0.4 is 15.5 Å². The minimum absolute atomic E-state index is 1.01. The van der Waals surface area contributed by atoms with Crippen molar-refractivity contribution >= 4 is 11.8 Å². The lowest BCUT2D eigenvalue weighted by Crippen LogP contribution is -2.24. The van der Waals surface area contributed by atoms with Crippen molar-refractivity contribution in [1.29, 1.82) is 0 Å². The molecule has 0 unspecified atom stereocenters. The van der Waals surface area contributed by atoms with Gasteiger partial charge in [-0.1, -0.05) is 18.2 Å². The van der Waals surface area contributed by atoms with Crippen LogP contribution in [0, 0.1) is 0 Å². The highest BCUT2D eigenvalue weighted by Gasteiger charge is 2.14. The second-order valence-electron chi connectivity index (χ2n) is 3.80. The molecule has 0 saturated heterocycles. The molecule has 0 atom stereocenters. The van der Waals surface area contributed by atoms with Crippen LogP contribution in [0.3, 0.4) is 0 Å². The van der Waals surface area contributed by atoms with E-state index in [1.807, 2.05) is 6.20 Å². The van der Waals surface area contributed by atoms with Gasteiger partial charge in [-0.2, -0.15) is 0 Å². The molecule has 3 rings (SSSR count). The smallest absolute Gasteiger partial charge is 0.0685 e. The molecule has 0 aliphatic carbocycles. The Kier molecular flexibility index (Phi) is 1.51. The number of fused-ring (bicyclic) bond motifs is 3. The Hall–Kier alpha value is -1.57. The van der Waals surface area contributed by atoms with Crippen LogP contribution in [0.1, 0.15) is 5.56 Å². The Balaban J connectivity index is 2.39. The molecule has 0 radical (unpaired) electrons. The first kappa shape index (κ1) is 7.80. The van der Waals surface area contributed by atoms with E-state index in [0.717, 1.165) is 18.3 Å². The summed E-state index contributed by atoms with van der Waals surface area (Å²) in [5.74, 6) is 0. The van der Waals surface area contributed by atoms with Gasteiger partial charge in [-0.3, -0.25) is 4.99 Å². The minimum Gasteiger partial charge on any atom is -0.370 e. The van der Waals surface area contributed by atoms with Gasteiger partial charge < -0.3 is 4.90 Å². The third-order valence-electron chi connectivity index (χ3n) is 2.90. The number of nitrogens with zero attached hydrogens (tertiary/aromatic N) is 2. The molecule has 0 saturated carbocycles. The maximum atomic E-state index is 4.38. The SMILES string of the molecule is CN1CC=c2ccc3c(c21)CC=CN=3. The Bertz CT molecular complexity index is 526. The summed E-state index contributed by atoms with van der Waals surface area (Å²) in [6.07, 6.45) is 7.30. The molecule has 2 aliphatic heterocycles. The maximum Gasteiger partial charge on any atom is 0.0685 e. The summed E-state index contributed by atoms with van der Waals surface area (Å²) >= 11 is 0. The topological polar surface area (TPSA) is 15.6 Å². The minimum atomic E-state index is 1.01. The third kappa shape index (κ3) is 0.939. The maximum absolute atomic E-state index is 4.38. The molecule has 2 aliphatic rings. The van der Waals surface area contributed by atoms with Gasteiger partial charge in [0.2, 0.25) is 0 Å². The van der Waals surface area contributed by atoms with E-state index in [0.29, 0.717) is 0 Å². The van der Waals surface area contributed by atoms with Gasteiger partial charge in [-0.15, -0.1) is 0 Å². The number of benzene rings is 1. The lowest BCUT2D eigenvalue weighted by Gasteiger charge is -2.17. The highest BCUT2D eigenvalue weighted by molar-refractivity contribution is 5.64. The Morgan fingerprint density at radius 1 is 1.36 bits per heavy atom. The van der Waals surface area contributed by atoms with E-state index in [2.05, 4.69) is 41.2 Å². The van der Waals surface area contributed by atoms with Crippen molar-refractivity contribution in [3.05, 3.63) is 40.5 Å². The van der Waals surface area contributed by atoms with Gasteiger partial charge in [-0.25, -0.2) is 0 Å². The first-order valence-corrected chi connectivity index (χ1v) is 4.92. The van der Waals surface area contributed by atoms with Crippen molar-refractivity contribution in [2.75, 3.05) is 18.5 Å². The molecular formula is C12H12N2. The summed E-state index contributed by atoms with van der Waals surface area (Å²) in [5.41, 5.74) is 2.75. The van der Waals surface area contributed by atoms with Crippen molar-refractivity contribution in [3.8, 4) is 0 Å². The fraction of sp³-hybridized carbons (Fsp3) is 0.250. The lowest BCUT2D eigenvalue weighted by atomic mass is 10.1. The van der Waals surface area contributed by atoms with E-state index in [1.165, 1.54) is 16.5 Å². The molecule has 0 spiro atoms. The Morgan fingerprint density at radius 2 is 2.29 bits per heavy atom. The average molecular weight is 184 g/mol. The summed E-state index contributed by atoms with van der Waals surface area (Å²) < 4.78 is 0. The van der Waals surface area contributed by atoms with E-state index in [9.17, 15) is 0 Å². The quantitative estimate of drug-likeness (QED) is 0.576. The summed E-state index contributed by atoms with van der Waals surface area (Å²) in [4.78, 5) is 6.68. The van der Waals surface area contributed by atoms with Crippen LogP contribution in [0.4, 0.5) is 5.69 Å². The second-order valence-corrected chi connectivity index (χ2v) is 3.80. The third-order valence-corrected chi connectivity index (χ3v) is 2.90. The highest BCUT2D eigenvalue weighted by atomic mass is 15.1. The van der Waals surface area contributed by atoms with Gasteiger partial charge in [0.05, 0.1) is 5.36 Å². The highest BCUT2D eigenvalue weighted by Crippen LogP contribution is 2.17. The van der Waals surface area contributed by atoms with Gasteiger partial charge in [0.15, 0.2) is 0 Å². The van der Waals surface area contributed by atoms with Crippen LogP contribution in [0.15, 0.2) is 29.4 Å². The molecule has 0 amide bonds. The van der Waals surface area contributed by atoms with Crippen molar-refractivity contribution in [3.63, 3.8) is 0 Å². The van der Waals surface area contributed by atoms with Crippen LogP contribution in [0.2, 0.25) is 0 Å². The van der Waals surface area contributed by atoms with Crippen LogP contribution in [0.5, 0.6) is 0 Å². The first-order valence-electron chi connectivity index (χ1n) is 4.92. The zero-order valence-corrected chi connectivity index (χ0v) is 8.20. The van der Waals surface area contributed by atoms with Crippen molar-refractivity contribution in [2.24, 2.45) is 4.99 Å². The molecule has 1 aromatic rings. The van der Waals surface area contributed by atoms with E-state index >= 15 is 0 Å². The second kappa shape index (κ2) is 2.71. The molecule has 2 heterocycles. The number of allylic oxidation sites excluding steroid dienone is 1. The van der Waals surface area contributed by atoms with E-state index in [1.54, 1.807) is 0 Å². The average Bonchev–Trinajstić information content (AvgIpc) is 2.61. The van der Waals surface area contributed by atoms with Crippen LogP contribution in [-0.2, 0) is 6.42 Å². The largest absolute Gasteiger partial charge is 0.370 e. The zero-order chi connectivity index (χ0) is 9.54. The monoisotopic (exact) mass is 184 g/mol. The normalized spacial score (nSPS) is 17.1. The Labute approximate surface area is 82.9 Å². The van der Waals surface area contributed by atoms with Gasteiger partial charge >= 0.3 is 0 Å². The molecule has 14 heavy (non-hydrogen) atoms. The molecule has 70 valence electrons. The summed E-state index contributed by atoms with van der Waals surface area (Å²) in [6.45, 7) is 1.02. The van der Waals surface area contributed by atoms with Gasteiger partial charge in [-0.05, 0) is 17.7 Å². The predicted molar refractivity (Wildman–Crippen MR) is 57.8 cm³/mol. The first-order chi connectivity index (χ1) is 6.86. The standard InChI is InChI=1S/C12H12N2/c1-14-8-6-9-4-5-11-10(12(9)14)3-2-7-13-11/h2,4-7H,3,8H2,1H3. The van der Waals surface area contributed by atoms with Crippen LogP contribution >= 0.6 is 0 Å². The summed E-state index contributed by atoms with van der Waals surface area (Å²) in [6, 6.07) is 4.29. The van der Waals surface area contributed by atoms with Crippen molar-refractivity contribution in [2.45, 2.75) is 6.42 Å². The van der Waals surface area contributed by atoms with Crippen LogP contribution in [-0.4, -0.2) is 13.6 Å². The molecular weight excluding hydrogens is 172 g/mol.